The Morgan fingerprint density at radius 3 is 2.35 bits per heavy atom. The number of aryl methyl sites for hydroxylation is 1. The van der Waals surface area contributed by atoms with Gasteiger partial charge in [0.05, 0.1) is 11.3 Å². The van der Waals surface area contributed by atoms with Gasteiger partial charge < -0.3 is 10.6 Å². The van der Waals surface area contributed by atoms with E-state index in [1.54, 1.807) is 12.1 Å². The maximum Gasteiger partial charge on any atom is 0.229 e. The molecular formula is C20H17FN4O. The van der Waals surface area contributed by atoms with Crippen LogP contribution in [-0.2, 0) is 6.42 Å². The first-order valence-electron chi connectivity index (χ1n) is 8.48. The van der Waals surface area contributed by atoms with Crippen molar-refractivity contribution in [2.75, 3.05) is 10.6 Å². The van der Waals surface area contributed by atoms with Gasteiger partial charge in [-0.1, -0.05) is 18.2 Å². The highest BCUT2D eigenvalue weighted by molar-refractivity contribution is 6.03. The van der Waals surface area contributed by atoms with Gasteiger partial charge in [-0.3, -0.25) is 4.79 Å². The molecule has 0 atom stereocenters. The number of halogens is 1. The van der Waals surface area contributed by atoms with Gasteiger partial charge in [-0.05, 0) is 49.2 Å². The second-order valence-electron chi connectivity index (χ2n) is 6.12. The standard InChI is InChI=1S/C20H17FN4O/c21-13-9-11-15(12-10-13)23-20-24-16-7-4-8-17(26)18(16)19(25-20)22-14-5-2-1-3-6-14/h1-3,5-6,9-12H,4,7-8H2,(H2,22,23,24,25). The number of Topliss-reactive ketones (excluding diaryl/α,β-unsaturated/α-hetero) is 1. The zero-order chi connectivity index (χ0) is 17.9. The lowest BCUT2D eigenvalue weighted by atomic mass is 9.95. The van der Waals surface area contributed by atoms with Gasteiger partial charge in [0, 0.05) is 17.8 Å². The van der Waals surface area contributed by atoms with Crippen LogP contribution in [0, 0.1) is 5.82 Å². The third-order valence-corrected chi connectivity index (χ3v) is 4.22. The number of aromatic nitrogens is 2. The van der Waals surface area contributed by atoms with E-state index in [9.17, 15) is 9.18 Å². The molecular weight excluding hydrogens is 331 g/mol. The quantitative estimate of drug-likeness (QED) is 0.720. The molecule has 6 heteroatoms. The van der Waals surface area contributed by atoms with Gasteiger partial charge in [0.2, 0.25) is 5.95 Å². The molecule has 26 heavy (non-hydrogen) atoms. The number of hydrogen-bond acceptors (Lipinski definition) is 5. The summed E-state index contributed by atoms with van der Waals surface area (Å²) < 4.78 is 13.1. The number of rotatable bonds is 4. The van der Waals surface area contributed by atoms with E-state index in [-0.39, 0.29) is 11.6 Å². The van der Waals surface area contributed by atoms with Crippen LogP contribution in [0.4, 0.5) is 27.5 Å². The Labute approximate surface area is 150 Å². The van der Waals surface area contributed by atoms with Crippen LogP contribution < -0.4 is 10.6 Å². The van der Waals surface area contributed by atoms with E-state index in [0.717, 1.165) is 24.2 Å². The monoisotopic (exact) mass is 348 g/mol. The summed E-state index contributed by atoms with van der Waals surface area (Å²) in [5, 5.41) is 6.31. The predicted molar refractivity (Wildman–Crippen MR) is 98.7 cm³/mol. The number of nitrogens with zero attached hydrogens (tertiary/aromatic N) is 2. The molecule has 1 aromatic heterocycles. The number of carbonyl (C=O) groups excluding carboxylic acids is 1. The smallest absolute Gasteiger partial charge is 0.229 e. The predicted octanol–water partition coefficient (Wildman–Crippen LogP) is 4.62. The summed E-state index contributed by atoms with van der Waals surface area (Å²) in [6.45, 7) is 0. The lowest BCUT2D eigenvalue weighted by Gasteiger charge is -2.19. The molecule has 0 amide bonds. The average molecular weight is 348 g/mol. The Morgan fingerprint density at radius 2 is 1.58 bits per heavy atom. The van der Waals surface area contributed by atoms with Crippen molar-refractivity contribution in [3.63, 3.8) is 0 Å². The Morgan fingerprint density at radius 1 is 0.846 bits per heavy atom. The second-order valence-corrected chi connectivity index (χ2v) is 6.12. The largest absolute Gasteiger partial charge is 0.339 e. The molecule has 0 fully saturated rings. The van der Waals surface area contributed by atoms with Gasteiger partial charge in [-0.15, -0.1) is 0 Å². The van der Waals surface area contributed by atoms with Gasteiger partial charge in [0.25, 0.3) is 0 Å². The number of fused-ring (bicyclic) bond motifs is 1. The van der Waals surface area contributed by atoms with E-state index in [0.29, 0.717) is 29.4 Å². The third kappa shape index (κ3) is 3.39. The summed E-state index contributed by atoms with van der Waals surface area (Å²) in [7, 11) is 0. The molecule has 0 saturated carbocycles. The first-order valence-corrected chi connectivity index (χ1v) is 8.48. The molecule has 1 heterocycles. The van der Waals surface area contributed by atoms with E-state index in [1.807, 2.05) is 30.3 Å². The number of nitrogens with one attached hydrogen (secondary N) is 2. The highest BCUT2D eigenvalue weighted by Gasteiger charge is 2.24. The first kappa shape index (κ1) is 16.2. The molecule has 130 valence electrons. The number of para-hydroxylation sites is 1. The van der Waals surface area contributed by atoms with Crippen LogP contribution in [0.5, 0.6) is 0 Å². The van der Waals surface area contributed by atoms with Crippen molar-refractivity contribution in [3.05, 3.63) is 71.7 Å². The van der Waals surface area contributed by atoms with Crippen LogP contribution >= 0.6 is 0 Å². The summed E-state index contributed by atoms with van der Waals surface area (Å²) in [5.41, 5.74) is 2.82. The third-order valence-electron chi connectivity index (χ3n) is 4.22. The number of anilines is 4. The van der Waals surface area contributed by atoms with E-state index in [1.165, 1.54) is 12.1 Å². The maximum absolute atomic E-state index is 13.1. The van der Waals surface area contributed by atoms with E-state index in [2.05, 4.69) is 20.6 Å². The van der Waals surface area contributed by atoms with Crippen LogP contribution in [0.2, 0.25) is 0 Å². The van der Waals surface area contributed by atoms with Crippen molar-refractivity contribution in [1.82, 2.24) is 9.97 Å². The average Bonchev–Trinajstić information content (AvgIpc) is 2.64. The minimum atomic E-state index is -0.307. The molecule has 0 spiro atoms. The van der Waals surface area contributed by atoms with Crippen LogP contribution in [-0.4, -0.2) is 15.8 Å². The summed E-state index contributed by atoms with van der Waals surface area (Å²) in [4.78, 5) is 21.4. The summed E-state index contributed by atoms with van der Waals surface area (Å²) in [6.07, 6.45) is 2.01. The van der Waals surface area contributed by atoms with Gasteiger partial charge in [-0.25, -0.2) is 9.37 Å². The van der Waals surface area contributed by atoms with E-state index < -0.39 is 0 Å². The highest BCUT2D eigenvalue weighted by atomic mass is 19.1. The van der Waals surface area contributed by atoms with Crippen LogP contribution in [0.15, 0.2) is 54.6 Å². The highest BCUT2D eigenvalue weighted by Crippen LogP contribution is 2.29. The zero-order valence-electron chi connectivity index (χ0n) is 14.0. The first-order chi connectivity index (χ1) is 12.7. The number of hydrogen-bond donors (Lipinski definition) is 2. The van der Waals surface area contributed by atoms with Crippen molar-refractivity contribution in [1.29, 1.82) is 0 Å². The van der Waals surface area contributed by atoms with Gasteiger partial charge in [-0.2, -0.15) is 4.98 Å². The van der Waals surface area contributed by atoms with Crippen molar-refractivity contribution >= 4 is 28.9 Å². The lowest BCUT2D eigenvalue weighted by molar-refractivity contribution is 0.0972. The molecule has 0 saturated heterocycles. The number of carbonyl (C=O) groups is 1. The Kier molecular flexibility index (Phi) is 4.31. The molecule has 0 radical (unpaired) electrons. The van der Waals surface area contributed by atoms with Gasteiger partial charge in [0.1, 0.15) is 11.6 Å². The van der Waals surface area contributed by atoms with E-state index in [4.69, 9.17) is 0 Å². The number of ketones is 1. The van der Waals surface area contributed by atoms with Crippen molar-refractivity contribution < 1.29 is 9.18 Å². The topological polar surface area (TPSA) is 66.9 Å². The molecule has 3 aromatic rings. The minimum absolute atomic E-state index is 0.0537. The second kappa shape index (κ2) is 6.92. The maximum atomic E-state index is 13.1. The Balaban J connectivity index is 1.72. The molecule has 0 bridgehead atoms. The Bertz CT molecular complexity index is 942. The van der Waals surface area contributed by atoms with Crippen molar-refractivity contribution in [2.24, 2.45) is 0 Å². The Hall–Kier alpha value is -3.28. The molecule has 4 rings (SSSR count). The molecule has 0 unspecified atom stereocenters. The lowest BCUT2D eigenvalue weighted by Crippen LogP contribution is -2.17. The molecule has 0 aliphatic heterocycles. The molecule has 1 aliphatic rings. The van der Waals surface area contributed by atoms with Gasteiger partial charge >= 0.3 is 0 Å². The van der Waals surface area contributed by atoms with Crippen LogP contribution in [0.1, 0.15) is 28.9 Å². The fourth-order valence-electron chi connectivity index (χ4n) is 2.99. The fraction of sp³-hybridized carbons (Fsp3) is 0.150. The molecule has 1 aliphatic carbocycles. The molecule has 5 nitrogen and oxygen atoms in total. The molecule has 2 N–H and O–H groups in total. The van der Waals surface area contributed by atoms with Crippen molar-refractivity contribution in [2.45, 2.75) is 19.3 Å². The van der Waals surface area contributed by atoms with Crippen molar-refractivity contribution in [3.8, 4) is 0 Å². The zero-order valence-corrected chi connectivity index (χ0v) is 14.0. The fourth-order valence-corrected chi connectivity index (χ4v) is 2.99. The van der Waals surface area contributed by atoms with E-state index >= 15 is 0 Å². The normalized spacial score (nSPS) is 13.2. The minimum Gasteiger partial charge on any atom is -0.339 e. The van der Waals surface area contributed by atoms with Crippen LogP contribution in [0.25, 0.3) is 0 Å². The van der Waals surface area contributed by atoms with Gasteiger partial charge in [0.15, 0.2) is 5.78 Å². The van der Waals surface area contributed by atoms with Crippen LogP contribution in [0.3, 0.4) is 0 Å². The number of benzene rings is 2. The summed E-state index contributed by atoms with van der Waals surface area (Å²) in [5.74, 6) is 0.621. The SMILES string of the molecule is O=C1CCCc2nc(Nc3ccc(F)cc3)nc(Nc3ccccc3)c21. The summed E-state index contributed by atoms with van der Waals surface area (Å²) >= 11 is 0. The molecule has 2 aromatic carbocycles. The summed E-state index contributed by atoms with van der Waals surface area (Å²) in [6, 6.07) is 15.5.